The van der Waals surface area contributed by atoms with E-state index in [1.807, 2.05) is 0 Å². The molecule has 134 valence electrons. The molecule has 0 unspecified atom stereocenters. The minimum Gasteiger partial charge on any atom is -0.329 e. The van der Waals surface area contributed by atoms with Gasteiger partial charge in [0, 0.05) is 29.6 Å². The van der Waals surface area contributed by atoms with Crippen LogP contribution in [-0.2, 0) is 7.05 Å². The van der Waals surface area contributed by atoms with E-state index in [1.165, 1.54) is 28.0 Å². The molecule has 0 aliphatic carbocycles. The molecule has 0 spiro atoms. The summed E-state index contributed by atoms with van der Waals surface area (Å²) in [7, 11) is 1.63. The monoisotopic (exact) mass is 410 g/mol. The lowest BCUT2D eigenvalue weighted by Gasteiger charge is -2.03. The number of thiazole rings is 1. The van der Waals surface area contributed by atoms with Gasteiger partial charge >= 0.3 is 0 Å². The molecule has 1 N–H and O–H groups in total. The van der Waals surface area contributed by atoms with Crippen molar-refractivity contribution in [2.45, 2.75) is 6.92 Å². The number of nitrogens with one attached hydrogen (secondary N) is 1. The number of hydrogen-bond acceptors (Lipinski definition) is 5. The fraction of sp³-hybridized carbons (Fsp3) is 0.125. The second-order valence-electron chi connectivity index (χ2n) is 5.48. The van der Waals surface area contributed by atoms with Crippen molar-refractivity contribution in [3.05, 3.63) is 61.2 Å². The van der Waals surface area contributed by atoms with Crippen molar-refractivity contribution < 1.29 is 9.72 Å². The number of hydrogen-bond donors (Lipinski definition) is 1. The number of halogens is 2. The van der Waals surface area contributed by atoms with E-state index in [4.69, 9.17) is 23.2 Å². The molecule has 2 aromatic heterocycles. The highest BCUT2D eigenvalue weighted by Gasteiger charge is 2.18. The lowest BCUT2D eigenvalue weighted by molar-refractivity contribution is -0.385. The van der Waals surface area contributed by atoms with Gasteiger partial charge in [0.2, 0.25) is 0 Å². The first-order valence-electron chi connectivity index (χ1n) is 7.31. The molecule has 1 amide bonds. The Morgan fingerprint density at radius 2 is 2.08 bits per heavy atom. The van der Waals surface area contributed by atoms with Crippen molar-refractivity contribution in [3.63, 3.8) is 0 Å². The van der Waals surface area contributed by atoms with Crippen molar-refractivity contribution >= 4 is 51.3 Å². The van der Waals surface area contributed by atoms with Gasteiger partial charge in [-0.2, -0.15) is 0 Å². The summed E-state index contributed by atoms with van der Waals surface area (Å²) in [6.07, 6.45) is 0. The molecular formula is C16H12Cl2N4O3S. The molecular weight excluding hydrogens is 399 g/mol. The lowest BCUT2D eigenvalue weighted by atomic mass is 10.1. The van der Waals surface area contributed by atoms with Crippen LogP contribution in [0.15, 0.2) is 29.6 Å². The Hall–Kier alpha value is -2.42. The fourth-order valence-corrected chi connectivity index (χ4v) is 3.44. The van der Waals surface area contributed by atoms with Gasteiger partial charge in [0.15, 0.2) is 5.13 Å². The molecule has 2 heterocycles. The number of aryl methyl sites for hydroxylation is 1. The number of nitro groups is 1. The maximum Gasteiger partial charge on any atom is 0.274 e. The smallest absolute Gasteiger partial charge is 0.274 e. The highest BCUT2D eigenvalue weighted by atomic mass is 35.5. The first-order valence-corrected chi connectivity index (χ1v) is 8.94. The summed E-state index contributed by atoms with van der Waals surface area (Å²) < 4.78 is 1.47. The van der Waals surface area contributed by atoms with Gasteiger partial charge in [0.1, 0.15) is 10.8 Å². The third-order valence-electron chi connectivity index (χ3n) is 3.78. The molecule has 0 fully saturated rings. The van der Waals surface area contributed by atoms with Crippen LogP contribution in [0.5, 0.6) is 0 Å². The minimum absolute atomic E-state index is 0.0224. The predicted molar refractivity (Wildman–Crippen MR) is 102 cm³/mol. The normalized spacial score (nSPS) is 10.8. The maximum atomic E-state index is 12.4. The lowest BCUT2D eigenvalue weighted by Crippen LogP contribution is -2.15. The Morgan fingerprint density at radius 3 is 2.69 bits per heavy atom. The Bertz CT molecular complexity index is 1030. The quantitative estimate of drug-likeness (QED) is 0.487. The summed E-state index contributed by atoms with van der Waals surface area (Å²) in [5.74, 6) is -0.405. The van der Waals surface area contributed by atoms with Crippen LogP contribution in [0.3, 0.4) is 0 Å². The molecule has 0 bridgehead atoms. The Morgan fingerprint density at radius 1 is 1.35 bits per heavy atom. The van der Waals surface area contributed by atoms with Gasteiger partial charge in [0.25, 0.3) is 11.6 Å². The van der Waals surface area contributed by atoms with Crippen molar-refractivity contribution in [1.82, 2.24) is 9.55 Å². The highest BCUT2D eigenvalue weighted by Crippen LogP contribution is 2.30. The molecule has 1 aromatic carbocycles. The summed E-state index contributed by atoms with van der Waals surface area (Å²) in [4.78, 5) is 27.3. The minimum atomic E-state index is -0.434. The molecule has 10 heteroatoms. The van der Waals surface area contributed by atoms with Crippen LogP contribution in [-0.4, -0.2) is 20.4 Å². The molecule has 0 radical (unpaired) electrons. The zero-order valence-corrected chi connectivity index (χ0v) is 15.9. The first-order chi connectivity index (χ1) is 12.3. The molecule has 0 saturated carbocycles. The second kappa shape index (κ2) is 7.06. The SMILES string of the molecule is Cc1ccc(-c2csc(NC(=O)c3cc(Cl)c(Cl)n3C)n2)cc1[N+](=O)[O-]. The van der Waals surface area contributed by atoms with Gasteiger partial charge < -0.3 is 4.57 Å². The van der Waals surface area contributed by atoms with Gasteiger partial charge in [0.05, 0.1) is 15.6 Å². The maximum absolute atomic E-state index is 12.4. The summed E-state index contributed by atoms with van der Waals surface area (Å²) in [5, 5.41) is 16.4. The number of rotatable bonds is 4. The number of aromatic nitrogens is 2. The van der Waals surface area contributed by atoms with E-state index in [1.54, 1.807) is 31.5 Å². The van der Waals surface area contributed by atoms with Crippen LogP contribution >= 0.6 is 34.5 Å². The third-order valence-corrected chi connectivity index (χ3v) is 5.37. The average Bonchev–Trinajstić information content (AvgIpc) is 3.15. The van der Waals surface area contributed by atoms with Crippen LogP contribution in [0.25, 0.3) is 11.3 Å². The van der Waals surface area contributed by atoms with E-state index in [2.05, 4.69) is 10.3 Å². The van der Waals surface area contributed by atoms with E-state index in [9.17, 15) is 14.9 Å². The molecule has 3 aromatic rings. The van der Waals surface area contributed by atoms with Gasteiger partial charge in [-0.3, -0.25) is 20.2 Å². The standard InChI is InChI=1S/C16H12Cl2N4O3S/c1-8-3-4-9(5-12(8)22(24)25)11-7-26-16(19-11)20-15(23)13-6-10(17)14(18)21(13)2/h3-7H,1-2H3,(H,19,20,23). The van der Waals surface area contributed by atoms with E-state index >= 15 is 0 Å². The molecule has 7 nitrogen and oxygen atoms in total. The largest absolute Gasteiger partial charge is 0.329 e. The fourth-order valence-electron chi connectivity index (χ4n) is 2.35. The number of nitro benzene ring substituents is 1. The van der Waals surface area contributed by atoms with Crippen molar-refractivity contribution in [1.29, 1.82) is 0 Å². The third kappa shape index (κ3) is 3.44. The zero-order valence-electron chi connectivity index (χ0n) is 13.6. The Labute approximate surface area is 162 Å². The summed E-state index contributed by atoms with van der Waals surface area (Å²) in [6.45, 7) is 1.67. The number of benzene rings is 1. The number of carbonyl (C=O) groups is 1. The Kier molecular flexibility index (Phi) is 4.99. The molecule has 3 rings (SSSR count). The topological polar surface area (TPSA) is 90.1 Å². The van der Waals surface area contributed by atoms with Crippen LogP contribution in [0, 0.1) is 17.0 Å². The summed E-state index contributed by atoms with van der Waals surface area (Å²) in [6, 6.07) is 6.35. The van der Waals surface area contributed by atoms with E-state index in [0.717, 1.165) is 0 Å². The number of amides is 1. The number of carbonyl (C=O) groups excluding carboxylic acids is 1. The van der Waals surface area contributed by atoms with Gasteiger partial charge in [-0.15, -0.1) is 11.3 Å². The van der Waals surface area contributed by atoms with E-state index < -0.39 is 10.8 Å². The highest BCUT2D eigenvalue weighted by molar-refractivity contribution is 7.14. The van der Waals surface area contributed by atoms with Crippen LogP contribution in [0.1, 0.15) is 16.1 Å². The van der Waals surface area contributed by atoms with Gasteiger partial charge in [-0.05, 0) is 13.0 Å². The molecule has 0 aliphatic heterocycles. The van der Waals surface area contributed by atoms with Crippen LogP contribution in [0.2, 0.25) is 10.2 Å². The molecule has 26 heavy (non-hydrogen) atoms. The zero-order chi connectivity index (χ0) is 19.0. The van der Waals surface area contributed by atoms with Gasteiger partial charge in [-0.1, -0.05) is 35.3 Å². The molecule has 0 saturated heterocycles. The van der Waals surface area contributed by atoms with Crippen molar-refractivity contribution in [2.24, 2.45) is 7.05 Å². The van der Waals surface area contributed by atoms with Gasteiger partial charge in [-0.25, -0.2) is 4.98 Å². The predicted octanol–water partition coefficient (Wildman–Crippen LogP) is 4.92. The summed E-state index contributed by atoms with van der Waals surface area (Å²) in [5.41, 5.74) is 2.03. The van der Waals surface area contributed by atoms with Crippen LogP contribution in [0.4, 0.5) is 10.8 Å². The van der Waals surface area contributed by atoms with Crippen LogP contribution < -0.4 is 5.32 Å². The molecule has 0 atom stereocenters. The Balaban J connectivity index is 1.84. The first kappa shape index (κ1) is 18.4. The van der Waals surface area contributed by atoms with E-state index in [0.29, 0.717) is 27.6 Å². The van der Waals surface area contributed by atoms with E-state index in [-0.39, 0.29) is 15.9 Å². The number of anilines is 1. The second-order valence-corrected chi connectivity index (χ2v) is 7.10. The number of nitrogens with zero attached hydrogens (tertiary/aromatic N) is 3. The van der Waals surface area contributed by atoms with Crippen molar-refractivity contribution in [3.8, 4) is 11.3 Å². The molecule has 0 aliphatic rings. The average molecular weight is 411 g/mol. The summed E-state index contributed by atoms with van der Waals surface area (Å²) >= 11 is 13.1. The van der Waals surface area contributed by atoms with Crippen molar-refractivity contribution in [2.75, 3.05) is 5.32 Å².